The predicted molar refractivity (Wildman–Crippen MR) is 113 cm³/mol. The third kappa shape index (κ3) is 3.82. The van der Waals surface area contributed by atoms with Crippen LogP contribution in [0.15, 0.2) is 29.1 Å². The first kappa shape index (κ1) is 20.5. The van der Waals surface area contributed by atoms with Gasteiger partial charge in [0.2, 0.25) is 0 Å². The van der Waals surface area contributed by atoms with E-state index < -0.39 is 6.04 Å². The second kappa shape index (κ2) is 7.81. The van der Waals surface area contributed by atoms with Crippen LogP contribution in [0.25, 0.3) is 10.9 Å². The summed E-state index contributed by atoms with van der Waals surface area (Å²) in [7, 11) is 1.62. The van der Waals surface area contributed by atoms with E-state index in [2.05, 4.69) is 25.4 Å². The molecule has 2 aromatic heterocycles. The Balaban J connectivity index is 1.89. The Morgan fingerprint density at radius 2 is 1.97 bits per heavy atom. The number of nitrogens with zero attached hydrogens (tertiary/aromatic N) is 5. The summed E-state index contributed by atoms with van der Waals surface area (Å²) in [6.45, 7) is 7.38. The summed E-state index contributed by atoms with van der Waals surface area (Å²) in [5.74, 6) is 1.34. The van der Waals surface area contributed by atoms with E-state index in [-0.39, 0.29) is 17.2 Å². The Kier molecular flexibility index (Phi) is 5.33. The molecule has 0 radical (unpaired) electrons. The molecule has 0 amide bonds. The van der Waals surface area contributed by atoms with Gasteiger partial charge in [-0.3, -0.25) is 9.69 Å². The molecule has 1 saturated heterocycles. The number of aromatic nitrogens is 5. The van der Waals surface area contributed by atoms with E-state index in [9.17, 15) is 9.90 Å². The molecule has 0 unspecified atom stereocenters. The van der Waals surface area contributed by atoms with E-state index in [1.165, 1.54) is 0 Å². The quantitative estimate of drug-likeness (QED) is 0.673. The number of rotatable bonds is 4. The maximum absolute atomic E-state index is 13.2. The molecule has 160 valence electrons. The number of nitrogens with one attached hydrogen (secondary N) is 1. The molecule has 1 fully saturated rings. The Hall–Kier alpha value is -2.78. The third-order valence-electron chi connectivity index (χ3n) is 5.61. The molecule has 1 aliphatic heterocycles. The number of pyridine rings is 1. The molecule has 4 rings (SSSR count). The number of hydrogen-bond acceptors (Lipinski definition) is 7. The van der Waals surface area contributed by atoms with Gasteiger partial charge in [0.15, 0.2) is 5.82 Å². The summed E-state index contributed by atoms with van der Waals surface area (Å²) < 4.78 is 7.13. The highest BCUT2D eigenvalue weighted by Gasteiger charge is 2.34. The first-order valence-corrected chi connectivity index (χ1v) is 10.2. The number of aromatic amines is 1. The minimum atomic E-state index is -0.425. The van der Waals surface area contributed by atoms with E-state index in [0.717, 1.165) is 16.7 Å². The SMILES string of the molecule is COc1ccc2[nH]c(=O)c([C@@H](c3nnnn3C(C)(C)C)N3CCC(O)CC3)cc2c1. The summed E-state index contributed by atoms with van der Waals surface area (Å²) in [5, 5.41) is 23.3. The van der Waals surface area contributed by atoms with Gasteiger partial charge in [0.05, 0.1) is 18.8 Å². The predicted octanol–water partition coefficient (Wildman–Crippen LogP) is 1.82. The average molecular weight is 412 g/mol. The first-order valence-electron chi connectivity index (χ1n) is 10.2. The lowest BCUT2D eigenvalue weighted by molar-refractivity contribution is 0.0647. The second-order valence-corrected chi connectivity index (χ2v) is 8.80. The molecule has 30 heavy (non-hydrogen) atoms. The highest BCUT2D eigenvalue weighted by molar-refractivity contribution is 5.80. The molecule has 9 nitrogen and oxygen atoms in total. The summed E-state index contributed by atoms with van der Waals surface area (Å²) >= 11 is 0. The number of H-pyrrole nitrogens is 1. The number of likely N-dealkylation sites (tertiary alicyclic amines) is 1. The van der Waals surface area contributed by atoms with Crippen molar-refractivity contribution < 1.29 is 9.84 Å². The van der Waals surface area contributed by atoms with E-state index in [1.54, 1.807) is 11.8 Å². The highest BCUT2D eigenvalue weighted by atomic mass is 16.5. The molecular weight excluding hydrogens is 384 g/mol. The van der Waals surface area contributed by atoms with E-state index >= 15 is 0 Å². The molecule has 0 aliphatic carbocycles. The van der Waals surface area contributed by atoms with Gasteiger partial charge in [-0.25, -0.2) is 4.68 Å². The Labute approximate surface area is 174 Å². The average Bonchev–Trinajstić information content (AvgIpc) is 3.19. The van der Waals surface area contributed by atoms with Crippen LogP contribution in [0.3, 0.4) is 0 Å². The summed E-state index contributed by atoms with van der Waals surface area (Å²) in [4.78, 5) is 18.3. The molecule has 0 saturated carbocycles. The Morgan fingerprint density at radius 1 is 1.23 bits per heavy atom. The number of aliphatic hydroxyl groups excluding tert-OH is 1. The zero-order valence-corrected chi connectivity index (χ0v) is 17.8. The molecule has 1 aromatic carbocycles. The summed E-state index contributed by atoms with van der Waals surface area (Å²) in [6, 6.07) is 7.03. The summed E-state index contributed by atoms with van der Waals surface area (Å²) in [5.41, 5.74) is 0.798. The van der Waals surface area contributed by atoms with Crippen LogP contribution in [0.4, 0.5) is 0 Å². The van der Waals surface area contributed by atoms with Crippen LogP contribution in [-0.2, 0) is 5.54 Å². The van der Waals surface area contributed by atoms with Gasteiger partial charge in [0.1, 0.15) is 11.8 Å². The number of methoxy groups -OCH3 is 1. The van der Waals surface area contributed by atoms with Gasteiger partial charge in [-0.05, 0) is 68.3 Å². The van der Waals surface area contributed by atoms with Crippen LogP contribution >= 0.6 is 0 Å². The third-order valence-corrected chi connectivity index (χ3v) is 5.61. The van der Waals surface area contributed by atoms with Gasteiger partial charge in [-0.2, -0.15) is 0 Å². The fraction of sp³-hybridized carbons (Fsp3) is 0.524. The van der Waals surface area contributed by atoms with Crippen molar-refractivity contribution in [2.45, 2.75) is 51.3 Å². The highest BCUT2D eigenvalue weighted by Crippen LogP contribution is 2.31. The number of tetrazole rings is 1. The van der Waals surface area contributed by atoms with Gasteiger partial charge in [-0.15, -0.1) is 5.10 Å². The number of ether oxygens (including phenoxy) is 1. The molecule has 2 N–H and O–H groups in total. The Bertz CT molecular complexity index is 1090. The second-order valence-electron chi connectivity index (χ2n) is 8.80. The van der Waals surface area contributed by atoms with Gasteiger partial charge in [0, 0.05) is 29.6 Å². The van der Waals surface area contributed by atoms with Gasteiger partial charge < -0.3 is 14.8 Å². The molecule has 9 heteroatoms. The van der Waals surface area contributed by atoms with Gasteiger partial charge in [0.25, 0.3) is 5.56 Å². The number of aliphatic hydroxyl groups is 1. The number of benzene rings is 1. The van der Waals surface area contributed by atoms with Crippen LogP contribution in [0.1, 0.15) is 51.0 Å². The molecular formula is C21H28N6O3. The topological polar surface area (TPSA) is 109 Å². The normalized spacial score (nSPS) is 17.4. The van der Waals surface area contributed by atoms with Crippen molar-refractivity contribution in [3.05, 3.63) is 46.0 Å². The van der Waals surface area contributed by atoms with Crippen molar-refractivity contribution in [3.8, 4) is 5.75 Å². The van der Waals surface area contributed by atoms with E-state index in [1.807, 2.05) is 45.0 Å². The number of fused-ring (bicyclic) bond motifs is 1. The number of piperidine rings is 1. The van der Waals surface area contributed by atoms with Crippen molar-refractivity contribution >= 4 is 10.9 Å². The fourth-order valence-electron chi connectivity index (χ4n) is 4.02. The van der Waals surface area contributed by atoms with Gasteiger partial charge >= 0.3 is 0 Å². The lowest BCUT2D eigenvalue weighted by Crippen LogP contribution is -2.42. The largest absolute Gasteiger partial charge is 0.497 e. The zero-order chi connectivity index (χ0) is 21.5. The minimum Gasteiger partial charge on any atom is -0.497 e. The van der Waals surface area contributed by atoms with Crippen LogP contribution in [0.2, 0.25) is 0 Å². The standard InChI is InChI=1S/C21H28N6O3/c1-21(2,3)27-19(23-24-25-27)18(26-9-7-14(28)8-10-26)16-12-13-11-15(30-4)5-6-17(13)22-20(16)29/h5-6,11-12,14,18,28H,7-10H2,1-4H3,(H,22,29)/t18-/m0/s1. The summed E-state index contributed by atoms with van der Waals surface area (Å²) in [6.07, 6.45) is 0.972. The molecule has 0 spiro atoms. The van der Waals surface area contributed by atoms with Crippen LogP contribution in [0, 0.1) is 0 Å². The van der Waals surface area contributed by atoms with Crippen molar-refractivity contribution in [2.75, 3.05) is 20.2 Å². The monoisotopic (exact) mass is 412 g/mol. The van der Waals surface area contributed by atoms with Crippen molar-refractivity contribution in [2.24, 2.45) is 0 Å². The van der Waals surface area contributed by atoms with Crippen LogP contribution in [-0.4, -0.2) is 61.5 Å². The minimum absolute atomic E-state index is 0.174. The van der Waals surface area contributed by atoms with Gasteiger partial charge in [-0.1, -0.05) is 0 Å². The molecule has 3 heterocycles. The molecule has 1 atom stereocenters. The first-order chi connectivity index (χ1) is 14.3. The number of hydrogen-bond donors (Lipinski definition) is 2. The van der Waals surface area contributed by atoms with Crippen molar-refractivity contribution in [3.63, 3.8) is 0 Å². The maximum Gasteiger partial charge on any atom is 0.253 e. The fourth-order valence-corrected chi connectivity index (χ4v) is 4.02. The Morgan fingerprint density at radius 3 is 2.63 bits per heavy atom. The molecule has 3 aromatic rings. The molecule has 0 bridgehead atoms. The maximum atomic E-state index is 13.2. The van der Waals surface area contributed by atoms with Crippen LogP contribution in [0.5, 0.6) is 5.75 Å². The lowest BCUT2D eigenvalue weighted by atomic mass is 9.98. The molecule has 1 aliphatic rings. The van der Waals surface area contributed by atoms with E-state index in [4.69, 9.17) is 4.74 Å². The van der Waals surface area contributed by atoms with E-state index in [0.29, 0.717) is 37.3 Å². The lowest BCUT2D eigenvalue weighted by Gasteiger charge is -2.36. The van der Waals surface area contributed by atoms with Crippen LogP contribution < -0.4 is 10.3 Å². The van der Waals surface area contributed by atoms with Crippen molar-refractivity contribution in [1.82, 2.24) is 30.1 Å². The van der Waals surface area contributed by atoms with Crippen molar-refractivity contribution in [1.29, 1.82) is 0 Å². The zero-order valence-electron chi connectivity index (χ0n) is 17.8. The smallest absolute Gasteiger partial charge is 0.253 e.